The molecule has 1 aliphatic heterocycles. The molecule has 1 saturated heterocycles. The number of amides is 1. The van der Waals surface area contributed by atoms with Crippen molar-refractivity contribution >= 4 is 28.3 Å². The van der Waals surface area contributed by atoms with Gasteiger partial charge < -0.3 is 19.4 Å². The van der Waals surface area contributed by atoms with Gasteiger partial charge in [-0.3, -0.25) is 9.59 Å². The molecule has 1 unspecified atom stereocenters. The molecule has 0 saturated carbocycles. The number of rotatable bonds is 4. The molecule has 1 amide bonds. The topological polar surface area (TPSA) is 71.6 Å². The van der Waals surface area contributed by atoms with Crippen LogP contribution in [0.25, 0.3) is 21.9 Å². The molecule has 8 heteroatoms. The van der Waals surface area contributed by atoms with Gasteiger partial charge in [0.2, 0.25) is 0 Å². The van der Waals surface area contributed by atoms with E-state index in [9.17, 15) is 14.0 Å². The highest BCUT2D eigenvalue weighted by molar-refractivity contribution is 6.33. The highest BCUT2D eigenvalue weighted by atomic mass is 35.5. The van der Waals surface area contributed by atoms with E-state index in [0.717, 1.165) is 0 Å². The van der Waals surface area contributed by atoms with Gasteiger partial charge in [-0.05, 0) is 48.7 Å². The summed E-state index contributed by atoms with van der Waals surface area (Å²) in [5, 5.41) is 1.27. The maximum atomic E-state index is 13.4. The quantitative estimate of drug-likeness (QED) is 0.686. The van der Waals surface area contributed by atoms with Gasteiger partial charge in [-0.1, -0.05) is 11.6 Å². The number of fused-ring (bicyclic) bond motifs is 1. The van der Waals surface area contributed by atoms with Crippen LogP contribution < -0.4 is 10.3 Å². The number of pyridine rings is 1. The number of carbonyl (C=O) groups excluding carboxylic acids is 1. The van der Waals surface area contributed by atoms with Crippen molar-refractivity contribution in [3.8, 4) is 16.9 Å². The minimum absolute atomic E-state index is 0.126. The normalized spacial score (nSPS) is 15.2. The van der Waals surface area contributed by atoms with Gasteiger partial charge in [-0.25, -0.2) is 4.39 Å². The van der Waals surface area contributed by atoms with Crippen molar-refractivity contribution in [2.75, 3.05) is 26.3 Å². The molecule has 0 radical (unpaired) electrons. The van der Waals surface area contributed by atoms with E-state index in [0.29, 0.717) is 54.0 Å². The average molecular weight is 431 g/mol. The molecule has 6 nitrogen and oxygen atoms in total. The molecule has 0 aliphatic carbocycles. The second kappa shape index (κ2) is 8.45. The van der Waals surface area contributed by atoms with Gasteiger partial charge in [-0.2, -0.15) is 0 Å². The van der Waals surface area contributed by atoms with E-state index in [1.54, 1.807) is 42.3 Å². The number of carbonyl (C=O) groups is 1. The van der Waals surface area contributed by atoms with Gasteiger partial charge in [0.1, 0.15) is 11.6 Å². The van der Waals surface area contributed by atoms with Crippen molar-refractivity contribution in [1.82, 2.24) is 9.88 Å². The molecule has 4 rings (SSSR count). The summed E-state index contributed by atoms with van der Waals surface area (Å²) in [6.45, 7) is 3.77. The van der Waals surface area contributed by atoms with Gasteiger partial charge in [-0.15, -0.1) is 0 Å². The first kappa shape index (κ1) is 20.4. The molecule has 30 heavy (non-hydrogen) atoms. The second-order valence-electron chi connectivity index (χ2n) is 7.06. The number of hydrogen-bond acceptors (Lipinski definition) is 4. The Bertz CT molecular complexity index is 1160. The molecule has 3 aromatic rings. The monoisotopic (exact) mass is 430 g/mol. The first-order valence-electron chi connectivity index (χ1n) is 9.58. The number of hydrogen-bond donors (Lipinski definition) is 1. The van der Waals surface area contributed by atoms with E-state index in [-0.39, 0.29) is 16.5 Å². The van der Waals surface area contributed by atoms with Crippen LogP contribution in [0.5, 0.6) is 5.75 Å². The number of benzene rings is 2. The van der Waals surface area contributed by atoms with Crippen molar-refractivity contribution in [2.24, 2.45) is 0 Å². The number of H-pyrrole nitrogens is 1. The zero-order valence-corrected chi connectivity index (χ0v) is 17.0. The zero-order valence-electron chi connectivity index (χ0n) is 16.3. The van der Waals surface area contributed by atoms with Crippen LogP contribution in [0.1, 0.15) is 6.92 Å². The summed E-state index contributed by atoms with van der Waals surface area (Å²) in [6.07, 6.45) is 0.851. The number of morpholine rings is 1. The van der Waals surface area contributed by atoms with Gasteiger partial charge in [0.05, 0.1) is 23.6 Å². The summed E-state index contributed by atoms with van der Waals surface area (Å²) in [4.78, 5) is 29.4. The number of aromatic amines is 1. The molecule has 1 aliphatic rings. The Kier molecular flexibility index (Phi) is 5.74. The van der Waals surface area contributed by atoms with Crippen LogP contribution >= 0.6 is 11.6 Å². The highest BCUT2D eigenvalue weighted by Gasteiger charge is 2.24. The van der Waals surface area contributed by atoms with E-state index >= 15 is 0 Å². The smallest absolute Gasteiger partial charge is 0.263 e. The third-order valence-electron chi connectivity index (χ3n) is 5.08. The van der Waals surface area contributed by atoms with Gasteiger partial charge in [0, 0.05) is 30.4 Å². The molecule has 0 spiro atoms. The maximum absolute atomic E-state index is 13.4. The third kappa shape index (κ3) is 4.04. The van der Waals surface area contributed by atoms with Gasteiger partial charge in [0.15, 0.2) is 6.10 Å². The third-order valence-corrected chi connectivity index (χ3v) is 5.39. The standard InChI is InChI=1S/C22H20ClFN2O4/c1-13(22(28)26-6-8-29-9-7-26)30-15-3-5-16-18(11-15)21(27)25-12-19(16)17-4-2-14(24)10-20(17)23/h2-5,10-13H,6-9H2,1H3,(H,25,27). The molecule has 1 N–H and O–H groups in total. The SMILES string of the molecule is CC(Oc1ccc2c(-c3ccc(F)cc3Cl)c[nH]c(=O)c2c1)C(=O)N1CCOCC1. The maximum Gasteiger partial charge on any atom is 0.263 e. The Hall–Kier alpha value is -2.90. The van der Waals surface area contributed by atoms with Gasteiger partial charge in [0.25, 0.3) is 11.5 Å². The first-order chi connectivity index (χ1) is 14.4. The summed E-state index contributed by atoms with van der Waals surface area (Å²) in [5.41, 5.74) is 0.965. The summed E-state index contributed by atoms with van der Waals surface area (Å²) in [7, 11) is 0. The van der Waals surface area contributed by atoms with Gasteiger partial charge >= 0.3 is 0 Å². The lowest BCUT2D eigenvalue weighted by molar-refractivity contribution is -0.142. The molecule has 1 aromatic heterocycles. The fourth-order valence-corrected chi connectivity index (χ4v) is 3.81. The molecule has 1 atom stereocenters. The van der Waals surface area contributed by atoms with Crippen molar-refractivity contribution in [1.29, 1.82) is 0 Å². The lowest BCUT2D eigenvalue weighted by Crippen LogP contribution is -2.46. The van der Waals surface area contributed by atoms with Crippen molar-refractivity contribution < 1.29 is 18.7 Å². The molecule has 0 bridgehead atoms. The molecule has 2 heterocycles. The summed E-state index contributed by atoms with van der Waals surface area (Å²) in [6, 6.07) is 9.14. The van der Waals surface area contributed by atoms with Crippen molar-refractivity contribution in [3.05, 3.63) is 63.8 Å². The largest absolute Gasteiger partial charge is 0.481 e. The Morgan fingerprint density at radius 1 is 1.17 bits per heavy atom. The van der Waals surface area contributed by atoms with Crippen molar-refractivity contribution in [3.63, 3.8) is 0 Å². The van der Waals surface area contributed by atoms with Crippen LogP contribution in [0.15, 0.2) is 47.4 Å². The number of ether oxygens (including phenoxy) is 2. The van der Waals surface area contributed by atoms with E-state index < -0.39 is 11.9 Å². The molecular formula is C22H20ClFN2O4. The number of halogens is 2. The lowest BCUT2D eigenvalue weighted by Gasteiger charge is -2.29. The Labute approximate surface area is 177 Å². The van der Waals surface area contributed by atoms with Crippen LogP contribution in [0.3, 0.4) is 0 Å². The Balaban J connectivity index is 1.65. The molecule has 2 aromatic carbocycles. The predicted octanol–water partition coefficient (Wildman–Crippen LogP) is 3.61. The van der Waals surface area contributed by atoms with Crippen LogP contribution in [0.4, 0.5) is 4.39 Å². The fraction of sp³-hybridized carbons (Fsp3) is 0.273. The van der Waals surface area contributed by atoms with E-state index in [1.165, 1.54) is 12.1 Å². The summed E-state index contributed by atoms with van der Waals surface area (Å²) >= 11 is 6.21. The fourth-order valence-electron chi connectivity index (χ4n) is 3.54. The van der Waals surface area contributed by atoms with Crippen LogP contribution in [-0.4, -0.2) is 48.2 Å². The Morgan fingerprint density at radius 3 is 2.67 bits per heavy atom. The average Bonchev–Trinajstić information content (AvgIpc) is 2.75. The minimum Gasteiger partial charge on any atom is -0.481 e. The zero-order chi connectivity index (χ0) is 21.3. The van der Waals surface area contributed by atoms with E-state index in [2.05, 4.69) is 4.98 Å². The van der Waals surface area contributed by atoms with Crippen LogP contribution in [0.2, 0.25) is 5.02 Å². The lowest BCUT2D eigenvalue weighted by atomic mass is 10.0. The number of nitrogens with zero attached hydrogens (tertiary/aromatic N) is 1. The number of nitrogens with one attached hydrogen (secondary N) is 1. The first-order valence-corrected chi connectivity index (χ1v) is 9.96. The summed E-state index contributed by atoms with van der Waals surface area (Å²) in [5.74, 6) is -0.157. The molecular weight excluding hydrogens is 411 g/mol. The Morgan fingerprint density at radius 2 is 1.93 bits per heavy atom. The number of aromatic nitrogens is 1. The molecule has 1 fully saturated rings. The summed E-state index contributed by atoms with van der Waals surface area (Å²) < 4.78 is 24.5. The van der Waals surface area contributed by atoms with Crippen molar-refractivity contribution in [2.45, 2.75) is 13.0 Å². The van der Waals surface area contributed by atoms with E-state index in [4.69, 9.17) is 21.1 Å². The second-order valence-corrected chi connectivity index (χ2v) is 7.47. The predicted molar refractivity (Wildman–Crippen MR) is 112 cm³/mol. The van der Waals surface area contributed by atoms with E-state index in [1.807, 2.05) is 0 Å². The minimum atomic E-state index is -0.700. The highest BCUT2D eigenvalue weighted by Crippen LogP contribution is 2.33. The van der Waals surface area contributed by atoms with Crippen LogP contribution in [0, 0.1) is 5.82 Å². The molecule has 156 valence electrons. The van der Waals surface area contributed by atoms with Crippen LogP contribution in [-0.2, 0) is 9.53 Å².